The highest BCUT2D eigenvalue weighted by molar-refractivity contribution is 5.71. The summed E-state index contributed by atoms with van der Waals surface area (Å²) in [5.41, 5.74) is 6.87. The molecule has 1 atom stereocenters. The first-order chi connectivity index (χ1) is 15.1. The summed E-state index contributed by atoms with van der Waals surface area (Å²) in [6.45, 7) is 4.57. The van der Waals surface area contributed by atoms with Crippen molar-refractivity contribution in [1.29, 1.82) is 0 Å². The highest BCUT2D eigenvalue weighted by Gasteiger charge is 2.08. The van der Waals surface area contributed by atoms with Gasteiger partial charge in [-0.2, -0.15) is 0 Å². The van der Waals surface area contributed by atoms with Crippen LogP contribution in [0.3, 0.4) is 0 Å². The maximum absolute atomic E-state index is 14.2. The van der Waals surface area contributed by atoms with Gasteiger partial charge in [0.1, 0.15) is 0 Å². The zero-order valence-corrected chi connectivity index (χ0v) is 18.0. The van der Waals surface area contributed by atoms with Crippen molar-refractivity contribution in [2.24, 2.45) is 0 Å². The molecule has 4 aromatic rings. The second-order valence-electron chi connectivity index (χ2n) is 7.87. The molecular formula is C29H27FO. The molecule has 0 bridgehead atoms. The summed E-state index contributed by atoms with van der Waals surface area (Å²) in [7, 11) is 0. The van der Waals surface area contributed by atoms with Gasteiger partial charge in [-0.05, 0) is 64.8 Å². The van der Waals surface area contributed by atoms with Crippen LogP contribution in [-0.2, 0) is 6.42 Å². The van der Waals surface area contributed by atoms with Gasteiger partial charge in [0, 0.05) is 0 Å². The van der Waals surface area contributed by atoms with Gasteiger partial charge >= 0.3 is 0 Å². The van der Waals surface area contributed by atoms with Crippen molar-refractivity contribution in [2.75, 3.05) is 6.61 Å². The van der Waals surface area contributed by atoms with Crippen LogP contribution < -0.4 is 4.74 Å². The highest BCUT2D eigenvalue weighted by atomic mass is 19.1. The summed E-state index contributed by atoms with van der Waals surface area (Å²) in [6.07, 6.45) is 1.02. The van der Waals surface area contributed by atoms with Gasteiger partial charge in [-0.3, -0.25) is 0 Å². The van der Waals surface area contributed by atoms with Crippen molar-refractivity contribution in [3.8, 4) is 28.0 Å². The zero-order chi connectivity index (χ0) is 21.6. The number of hydrogen-bond acceptors (Lipinski definition) is 1. The molecule has 4 aromatic carbocycles. The minimum absolute atomic E-state index is 0.296. The van der Waals surface area contributed by atoms with Gasteiger partial charge in [-0.1, -0.05) is 91.9 Å². The molecular weight excluding hydrogens is 383 g/mol. The normalized spacial score (nSPS) is 11.8. The third-order valence-electron chi connectivity index (χ3n) is 5.65. The molecule has 0 spiro atoms. The molecule has 0 aromatic heterocycles. The Morgan fingerprint density at radius 3 is 1.84 bits per heavy atom. The van der Waals surface area contributed by atoms with Gasteiger partial charge in [-0.25, -0.2) is 4.39 Å². The smallest absolute Gasteiger partial charge is 0.165 e. The van der Waals surface area contributed by atoms with E-state index in [0.717, 1.165) is 23.1 Å². The first kappa shape index (κ1) is 20.9. The van der Waals surface area contributed by atoms with Gasteiger partial charge in [0.25, 0.3) is 0 Å². The Bertz CT molecular complexity index is 1120. The molecule has 2 heteroatoms. The van der Waals surface area contributed by atoms with E-state index in [1.165, 1.54) is 22.8 Å². The lowest BCUT2D eigenvalue weighted by atomic mass is 9.92. The Morgan fingerprint density at radius 1 is 0.710 bits per heavy atom. The summed E-state index contributed by atoms with van der Waals surface area (Å²) < 4.78 is 19.5. The largest absolute Gasteiger partial charge is 0.491 e. The van der Waals surface area contributed by atoms with Crippen molar-refractivity contribution >= 4 is 0 Å². The Hall–Kier alpha value is -3.39. The molecule has 0 saturated heterocycles. The fourth-order valence-corrected chi connectivity index (χ4v) is 3.89. The van der Waals surface area contributed by atoms with Crippen LogP contribution in [0.4, 0.5) is 4.39 Å². The molecule has 156 valence electrons. The lowest BCUT2D eigenvalue weighted by Crippen LogP contribution is -1.98. The fourth-order valence-electron chi connectivity index (χ4n) is 3.89. The van der Waals surface area contributed by atoms with E-state index in [1.54, 1.807) is 6.07 Å². The van der Waals surface area contributed by atoms with Crippen molar-refractivity contribution in [2.45, 2.75) is 26.2 Å². The summed E-state index contributed by atoms with van der Waals surface area (Å²) in [5, 5.41) is 0. The molecule has 0 aliphatic rings. The van der Waals surface area contributed by atoms with Crippen molar-refractivity contribution in [3.05, 3.63) is 114 Å². The maximum Gasteiger partial charge on any atom is 0.165 e. The molecule has 4 rings (SSSR count). The second kappa shape index (κ2) is 9.61. The maximum atomic E-state index is 14.2. The molecule has 1 unspecified atom stereocenters. The average Bonchev–Trinajstić information content (AvgIpc) is 2.82. The molecule has 0 saturated carbocycles. The lowest BCUT2D eigenvalue weighted by Gasteiger charge is -2.12. The molecule has 0 aliphatic heterocycles. The monoisotopic (exact) mass is 410 g/mol. The van der Waals surface area contributed by atoms with E-state index < -0.39 is 0 Å². The topological polar surface area (TPSA) is 9.23 Å². The molecule has 31 heavy (non-hydrogen) atoms. The van der Waals surface area contributed by atoms with E-state index in [-0.39, 0.29) is 5.82 Å². The van der Waals surface area contributed by atoms with Crippen molar-refractivity contribution < 1.29 is 9.13 Å². The minimum Gasteiger partial charge on any atom is -0.491 e. The van der Waals surface area contributed by atoms with Crippen LogP contribution in [0.15, 0.2) is 97.1 Å². The number of ether oxygens (including phenoxy) is 1. The van der Waals surface area contributed by atoms with Gasteiger partial charge in [0.2, 0.25) is 0 Å². The van der Waals surface area contributed by atoms with Crippen LogP contribution in [0.2, 0.25) is 0 Å². The SMILES string of the molecule is CCOc1ccc(-c2ccc(-c3ccc(CC(C)c4ccccc4)cc3)cc2)cc1F. The Morgan fingerprint density at radius 2 is 1.26 bits per heavy atom. The molecule has 0 amide bonds. The van der Waals surface area contributed by atoms with Crippen LogP contribution >= 0.6 is 0 Å². The van der Waals surface area contributed by atoms with E-state index in [0.29, 0.717) is 18.3 Å². The van der Waals surface area contributed by atoms with Crippen LogP contribution in [-0.4, -0.2) is 6.61 Å². The van der Waals surface area contributed by atoms with E-state index in [1.807, 2.05) is 25.1 Å². The van der Waals surface area contributed by atoms with Crippen molar-refractivity contribution in [1.82, 2.24) is 0 Å². The zero-order valence-electron chi connectivity index (χ0n) is 18.0. The van der Waals surface area contributed by atoms with Crippen LogP contribution in [0, 0.1) is 5.82 Å². The molecule has 0 fully saturated rings. The third kappa shape index (κ3) is 5.03. The van der Waals surface area contributed by atoms with Gasteiger partial charge in [0.05, 0.1) is 6.61 Å². The van der Waals surface area contributed by atoms with E-state index >= 15 is 0 Å². The van der Waals surface area contributed by atoms with E-state index in [4.69, 9.17) is 4.74 Å². The van der Waals surface area contributed by atoms with E-state index in [2.05, 4.69) is 73.7 Å². The number of halogens is 1. The number of rotatable bonds is 7. The second-order valence-corrected chi connectivity index (χ2v) is 7.87. The summed E-state index contributed by atoms with van der Waals surface area (Å²) in [6, 6.07) is 32.8. The molecule has 0 aliphatic carbocycles. The van der Waals surface area contributed by atoms with Crippen molar-refractivity contribution in [3.63, 3.8) is 0 Å². The molecule has 0 heterocycles. The predicted octanol–water partition coefficient (Wildman–Crippen LogP) is 7.90. The number of benzene rings is 4. The molecule has 0 radical (unpaired) electrons. The average molecular weight is 411 g/mol. The summed E-state index contributed by atoms with van der Waals surface area (Å²) in [4.78, 5) is 0. The van der Waals surface area contributed by atoms with Gasteiger partial charge in [0.15, 0.2) is 11.6 Å². The Balaban J connectivity index is 1.46. The third-order valence-corrected chi connectivity index (χ3v) is 5.65. The summed E-state index contributed by atoms with van der Waals surface area (Å²) in [5.74, 6) is 0.453. The van der Waals surface area contributed by atoms with E-state index in [9.17, 15) is 4.39 Å². The van der Waals surface area contributed by atoms with Crippen LogP contribution in [0.1, 0.15) is 30.9 Å². The lowest BCUT2D eigenvalue weighted by molar-refractivity contribution is 0.321. The molecule has 1 nitrogen and oxygen atoms in total. The highest BCUT2D eigenvalue weighted by Crippen LogP contribution is 2.29. The first-order valence-corrected chi connectivity index (χ1v) is 10.8. The Labute approximate surface area is 184 Å². The standard InChI is InChI=1S/C29H27FO/c1-3-31-29-18-17-27(20-28(29)30)26-15-13-25(14-16-26)24-11-9-22(10-12-24)19-21(2)23-7-5-4-6-8-23/h4-18,20-21H,3,19H2,1-2H3. The first-order valence-electron chi connectivity index (χ1n) is 10.8. The quantitative estimate of drug-likeness (QED) is 0.301. The van der Waals surface area contributed by atoms with Crippen LogP contribution in [0.5, 0.6) is 5.75 Å². The summed E-state index contributed by atoms with van der Waals surface area (Å²) >= 11 is 0. The van der Waals surface area contributed by atoms with Gasteiger partial charge in [-0.15, -0.1) is 0 Å². The molecule has 0 N–H and O–H groups in total. The predicted molar refractivity (Wildman–Crippen MR) is 127 cm³/mol. The number of hydrogen-bond donors (Lipinski definition) is 0. The van der Waals surface area contributed by atoms with Crippen LogP contribution in [0.25, 0.3) is 22.3 Å². The van der Waals surface area contributed by atoms with Gasteiger partial charge < -0.3 is 4.74 Å². The fraction of sp³-hybridized carbons (Fsp3) is 0.172. The minimum atomic E-state index is -0.330. The Kier molecular flexibility index (Phi) is 6.47.